The number of anilines is 1. The van der Waals surface area contributed by atoms with Gasteiger partial charge in [-0.05, 0) is 39.7 Å². The largest absolute Gasteiger partial charge is 0.507 e. The normalized spacial score (nSPS) is 33.4. The fraction of sp³-hybridized carbons (Fsp3) is 0.612. The van der Waals surface area contributed by atoms with Gasteiger partial charge in [0.2, 0.25) is 0 Å². The smallest absolute Gasteiger partial charge is 0.312 e. The Balaban J connectivity index is 1.41. The number of phenols is 2. The molecule has 348 valence electrons. The third-order valence-corrected chi connectivity index (χ3v) is 13.7. The van der Waals surface area contributed by atoms with Crippen molar-refractivity contribution in [1.29, 1.82) is 0 Å². The lowest BCUT2D eigenvalue weighted by Gasteiger charge is -2.50. The van der Waals surface area contributed by atoms with Gasteiger partial charge in [-0.15, -0.1) is 0 Å². The quantitative estimate of drug-likeness (QED) is 0.222. The second-order valence-electron chi connectivity index (χ2n) is 19.6. The first kappa shape index (κ1) is 47.1. The summed E-state index contributed by atoms with van der Waals surface area (Å²) in [6, 6.07) is 0. The van der Waals surface area contributed by atoms with Crippen LogP contribution in [0.3, 0.4) is 0 Å². The Morgan fingerprint density at radius 1 is 0.953 bits per heavy atom. The summed E-state index contributed by atoms with van der Waals surface area (Å²) in [6.07, 6.45) is 7.53. The summed E-state index contributed by atoms with van der Waals surface area (Å²) in [6.45, 7) is 24.6. The van der Waals surface area contributed by atoms with Gasteiger partial charge in [0.15, 0.2) is 11.5 Å². The second-order valence-corrected chi connectivity index (χ2v) is 19.6. The number of ether oxygens (including phenoxy) is 6. The van der Waals surface area contributed by atoms with E-state index < -0.39 is 64.9 Å². The van der Waals surface area contributed by atoms with E-state index in [2.05, 4.69) is 36.0 Å². The summed E-state index contributed by atoms with van der Waals surface area (Å²) >= 11 is 0. The highest BCUT2D eigenvalue weighted by Crippen LogP contribution is 2.51. The van der Waals surface area contributed by atoms with Crippen molar-refractivity contribution in [3.63, 3.8) is 0 Å². The van der Waals surface area contributed by atoms with Gasteiger partial charge in [-0.2, -0.15) is 0 Å². The van der Waals surface area contributed by atoms with Gasteiger partial charge >= 0.3 is 11.8 Å². The highest BCUT2D eigenvalue weighted by Gasteiger charge is 2.51. The van der Waals surface area contributed by atoms with Crippen molar-refractivity contribution in [2.45, 2.75) is 138 Å². The number of piperidine rings is 1. The number of amides is 1. The van der Waals surface area contributed by atoms with Crippen molar-refractivity contribution in [2.75, 3.05) is 32.1 Å². The molecule has 0 saturated carbocycles. The molecule has 0 aliphatic carbocycles. The Kier molecular flexibility index (Phi) is 12.9. The van der Waals surface area contributed by atoms with Crippen LogP contribution in [0.5, 0.6) is 17.2 Å². The molecule has 1 spiro atoms. The van der Waals surface area contributed by atoms with Crippen LogP contribution in [0.25, 0.3) is 10.8 Å². The minimum Gasteiger partial charge on any atom is -0.507 e. The molecule has 15 heteroatoms. The number of benzene rings is 2. The van der Waals surface area contributed by atoms with Gasteiger partial charge in [0, 0.05) is 93.6 Å². The Morgan fingerprint density at radius 3 is 2.27 bits per heavy atom. The first-order valence-electron chi connectivity index (χ1n) is 22.6. The van der Waals surface area contributed by atoms with Crippen molar-refractivity contribution in [3.8, 4) is 17.2 Å². The Morgan fingerprint density at radius 2 is 1.62 bits per heavy atom. The maximum Gasteiger partial charge on any atom is 0.312 e. The molecule has 9 atom stereocenters. The van der Waals surface area contributed by atoms with Crippen molar-refractivity contribution < 1.29 is 53.0 Å². The fourth-order valence-corrected chi connectivity index (χ4v) is 10.3. The number of esters is 1. The van der Waals surface area contributed by atoms with E-state index in [1.807, 2.05) is 40.7 Å². The molecule has 0 aromatic heterocycles. The number of hydrogen-bond donors (Lipinski definition) is 3. The Bertz CT molecular complexity index is 2430. The molecule has 6 aliphatic heterocycles. The van der Waals surface area contributed by atoms with Crippen LogP contribution in [0.4, 0.5) is 5.69 Å². The average Bonchev–Trinajstić information content (AvgIpc) is 3.73. The number of rotatable bonds is 4. The standard InChI is InChI=1S/C49H66N4O11/c1-24(2)23-53-20-18-49(19-21-53)51-36-33-34-39(55)28(6)44-35(33)45(57)48(12,64-44)60-22-17-32(59-13)27(5)42(61-31(9)54)30(8)43-29(7)41(62-47(10,11)63-43)25(3)15-14-16-26(4)46(58)50-38(40(34)56)37(36)52-49/h14-17,22,24-25,27,29-30,32,41-43,51,55-56H,18-21,23H2,1-13H3/b15-14+,22-17+,26-16-,50-38?/t25-,27+,29+,30-,32-,41-,42+,43+,48-/m0/s1. The average molecular weight is 887 g/mol. The van der Waals surface area contributed by atoms with Gasteiger partial charge in [0.1, 0.15) is 34.0 Å². The number of fused-ring (bicyclic) bond motifs is 9. The molecule has 15 nitrogen and oxygen atoms in total. The number of carbonyl (C=O) groups is 3. The third kappa shape index (κ3) is 8.56. The summed E-state index contributed by atoms with van der Waals surface area (Å²) in [5.41, 5.74) is 0.0733. The van der Waals surface area contributed by atoms with E-state index in [4.69, 9.17) is 33.4 Å². The summed E-state index contributed by atoms with van der Waals surface area (Å²) in [4.78, 5) is 53.6. The van der Waals surface area contributed by atoms with E-state index in [9.17, 15) is 24.6 Å². The van der Waals surface area contributed by atoms with Crippen molar-refractivity contribution in [2.24, 2.45) is 39.6 Å². The maximum atomic E-state index is 14.8. The lowest BCUT2D eigenvalue weighted by molar-refractivity contribution is -0.336. The van der Waals surface area contributed by atoms with Gasteiger partial charge in [0.05, 0.1) is 41.2 Å². The monoisotopic (exact) mass is 886 g/mol. The number of ketones is 1. The van der Waals surface area contributed by atoms with E-state index in [1.54, 1.807) is 39.2 Å². The van der Waals surface area contributed by atoms with E-state index in [-0.39, 0.29) is 73.5 Å². The Hall–Kier alpha value is -4.83. The molecule has 1 amide bonds. The second kappa shape index (κ2) is 17.5. The zero-order valence-corrected chi connectivity index (χ0v) is 39.5. The molecule has 8 rings (SSSR count). The molecule has 6 aliphatic rings. The summed E-state index contributed by atoms with van der Waals surface area (Å²) in [5, 5.41) is 27.9. The highest BCUT2D eigenvalue weighted by molar-refractivity contribution is 6.21. The first-order chi connectivity index (χ1) is 30.0. The van der Waals surface area contributed by atoms with Crippen LogP contribution in [-0.4, -0.2) is 101 Å². The lowest BCUT2D eigenvalue weighted by atomic mass is 9.77. The number of allylic oxidation sites excluding steroid dienone is 2. The first-order valence-corrected chi connectivity index (χ1v) is 22.6. The Labute approximate surface area is 375 Å². The molecule has 2 aromatic rings. The number of Topliss-reactive ketones (excluding diaryl/α,β-unsaturated/α-hetero) is 1. The number of likely N-dealkylation sites (tertiary alicyclic amines) is 1. The zero-order valence-electron chi connectivity index (χ0n) is 39.5. The predicted octanol–water partition coefficient (Wildman–Crippen LogP) is 6.55. The predicted molar refractivity (Wildman–Crippen MR) is 240 cm³/mol. The van der Waals surface area contributed by atoms with Crippen LogP contribution in [0, 0.1) is 36.5 Å². The third-order valence-electron chi connectivity index (χ3n) is 13.7. The molecule has 0 radical (unpaired) electrons. The van der Waals surface area contributed by atoms with Crippen LogP contribution in [0.15, 0.2) is 46.1 Å². The van der Waals surface area contributed by atoms with Crippen molar-refractivity contribution in [1.82, 2.24) is 4.90 Å². The van der Waals surface area contributed by atoms with E-state index in [0.717, 1.165) is 19.6 Å². The number of carbonyl (C=O) groups excluding carboxylic acids is 3. The van der Waals surface area contributed by atoms with Gasteiger partial charge in [-0.25, -0.2) is 4.99 Å². The van der Waals surface area contributed by atoms with E-state index in [1.165, 1.54) is 20.1 Å². The van der Waals surface area contributed by atoms with Crippen LogP contribution >= 0.6 is 0 Å². The molecule has 2 saturated heterocycles. The van der Waals surface area contributed by atoms with E-state index in [0.29, 0.717) is 24.4 Å². The minimum atomic E-state index is -1.92. The lowest BCUT2D eigenvalue weighted by Crippen LogP contribution is -2.56. The molecule has 3 N–H and O–H groups in total. The van der Waals surface area contributed by atoms with Crippen molar-refractivity contribution in [3.05, 3.63) is 58.0 Å². The van der Waals surface area contributed by atoms with Gasteiger partial charge in [-0.1, -0.05) is 59.8 Å². The molecule has 2 fully saturated rings. The molecular formula is C49H66N4O11. The summed E-state index contributed by atoms with van der Waals surface area (Å²) in [7, 11) is 1.54. The summed E-state index contributed by atoms with van der Waals surface area (Å²) in [5.74, 6) is -5.92. The van der Waals surface area contributed by atoms with E-state index >= 15 is 0 Å². The van der Waals surface area contributed by atoms with Crippen LogP contribution in [-0.2, 0) is 33.3 Å². The minimum absolute atomic E-state index is 0.0641. The topological polar surface area (TPSA) is 187 Å². The number of phenolic OH excluding ortho intramolecular Hbond substituents is 2. The number of methoxy groups -OCH3 is 1. The number of nitrogens with one attached hydrogen (secondary N) is 1. The molecule has 64 heavy (non-hydrogen) atoms. The molecular weight excluding hydrogens is 821 g/mol. The highest BCUT2D eigenvalue weighted by atomic mass is 16.7. The summed E-state index contributed by atoms with van der Waals surface area (Å²) < 4.78 is 37.7. The molecule has 0 unspecified atom stereocenters. The van der Waals surface area contributed by atoms with Crippen molar-refractivity contribution >= 4 is 34.1 Å². The number of hydrogen-bond acceptors (Lipinski definition) is 14. The van der Waals surface area contributed by atoms with Gasteiger partial charge in [-0.3, -0.25) is 19.4 Å². The van der Waals surface area contributed by atoms with Crippen LogP contribution in [0.2, 0.25) is 0 Å². The number of nitrogens with zero attached hydrogens (tertiary/aromatic N) is 3. The van der Waals surface area contributed by atoms with Crippen LogP contribution < -0.4 is 20.8 Å². The SMILES string of the molecule is CO[C@H]1/C=C/O[C@@]2(C)Oc3c(C)c(O)c4c(O)c(c5c(c4c3C2=O)NC2(CCN(CC(C)C)CC2)N=5)=NC(=O)/C(C)=C\C=C\[C@H](C)[C@@H]2OC(C)(C)O[C@@H]([C@@H](C)[C@H](OC(C)=O)[C@@H]1C)[C@@H]2C. The molecule has 2 aromatic carbocycles. The maximum absolute atomic E-state index is 14.8. The van der Waals surface area contributed by atoms with Gasteiger partial charge in [0.25, 0.3) is 11.7 Å². The van der Waals surface area contributed by atoms with Crippen LogP contribution in [0.1, 0.15) is 105 Å². The zero-order chi connectivity index (χ0) is 46.8. The fourth-order valence-electron chi connectivity index (χ4n) is 10.3. The number of aromatic hydroxyl groups is 2. The molecule has 6 heterocycles. The molecule has 7 bridgehead atoms. The van der Waals surface area contributed by atoms with Gasteiger partial charge < -0.3 is 48.9 Å².